The number of nitrogens with zero attached hydrogens (tertiary/aromatic N) is 2. The highest BCUT2D eigenvalue weighted by Crippen LogP contribution is 2.23. The molecule has 0 aliphatic carbocycles. The predicted octanol–water partition coefficient (Wildman–Crippen LogP) is 1.13. The maximum atomic E-state index is 12.7. The number of morpholine rings is 1. The number of hydrogen-bond donors (Lipinski definition) is 1. The maximum absolute atomic E-state index is 12.7. The predicted molar refractivity (Wildman–Crippen MR) is 85.9 cm³/mol. The van der Waals surface area contributed by atoms with Gasteiger partial charge in [-0.2, -0.15) is 0 Å². The SMILES string of the molecule is O=C(O)C[C@H]1COCCN1C(=O)c1ccc(N2CCCC2=O)cc1. The molecule has 7 heteroatoms. The van der Waals surface area contributed by atoms with Crippen molar-refractivity contribution >= 4 is 23.5 Å². The van der Waals surface area contributed by atoms with E-state index >= 15 is 0 Å². The Labute approximate surface area is 139 Å². The zero-order chi connectivity index (χ0) is 17.1. The Morgan fingerprint density at radius 2 is 1.96 bits per heavy atom. The summed E-state index contributed by atoms with van der Waals surface area (Å²) in [6.07, 6.45) is 1.28. The Hall–Kier alpha value is -2.41. The molecule has 2 heterocycles. The van der Waals surface area contributed by atoms with Crippen LogP contribution in [0.2, 0.25) is 0 Å². The molecule has 0 spiro atoms. The van der Waals surface area contributed by atoms with Crippen LogP contribution < -0.4 is 4.90 Å². The summed E-state index contributed by atoms with van der Waals surface area (Å²) < 4.78 is 5.30. The first-order chi connectivity index (χ1) is 11.6. The van der Waals surface area contributed by atoms with E-state index in [9.17, 15) is 14.4 Å². The van der Waals surface area contributed by atoms with E-state index < -0.39 is 12.0 Å². The van der Waals surface area contributed by atoms with Crippen LogP contribution in [0.4, 0.5) is 5.69 Å². The first-order valence-corrected chi connectivity index (χ1v) is 8.07. The van der Waals surface area contributed by atoms with Crippen molar-refractivity contribution in [3.05, 3.63) is 29.8 Å². The molecule has 0 radical (unpaired) electrons. The second-order valence-corrected chi connectivity index (χ2v) is 6.02. The van der Waals surface area contributed by atoms with Crippen LogP contribution in [0.5, 0.6) is 0 Å². The first-order valence-electron chi connectivity index (χ1n) is 8.07. The Bertz CT molecular complexity index is 643. The molecule has 1 aromatic rings. The number of amides is 2. The molecule has 1 atom stereocenters. The summed E-state index contributed by atoms with van der Waals surface area (Å²) in [5.41, 5.74) is 1.28. The van der Waals surface area contributed by atoms with Gasteiger partial charge in [-0.1, -0.05) is 0 Å². The number of ether oxygens (including phenoxy) is 1. The summed E-state index contributed by atoms with van der Waals surface area (Å²) in [4.78, 5) is 38.7. The molecule has 2 aliphatic heterocycles. The van der Waals surface area contributed by atoms with E-state index in [2.05, 4.69) is 0 Å². The van der Waals surface area contributed by atoms with Crippen molar-refractivity contribution in [3.8, 4) is 0 Å². The summed E-state index contributed by atoms with van der Waals surface area (Å²) >= 11 is 0. The second kappa shape index (κ2) is 7.00. The number of carboxylic acid groups (broad SMARTS) is 1. The fourth-order valence-corrected chi connectivity index (χ4v) is 3.16. The quantitative estimate of drug-likeness (QED) is 0.893. The molecule has 128 valence electrons. The van der Waals surface area contributed by atoms with Crippen LogP contribution in [-0.2, 0) is 14.3 Å². The molecule has 7 nitrogen and oxygen atoms in total. The average molecular weight is 332 g/mol. The Kier molecular flexibility index (Phi) is 4.80. The molecular formula is C17H20N2O5. The van der Waals surface area contributed by atoms with Crippen LogP contribution in [-0.4, -0.2) is 60.1 Å². The Balaban J connectivity index is 1.73. The highest BCUT2D eigenvalue weighted by Gasteiger charge is 2.30. The zero-order valence-electron chi connectivity index (χ0n) is 13.3. The summed E-state index contributed by atoms with van der Waals surface area (Å²) in [6, 6.07) is 6.46. The van der Waals surface area contributed by atoms with Crippen molar-refractivity contribution in [3.63, 3.8) is 0 Å². The van der Waals surface area contributed by atoms with Crippen LogP contribution in [0.25, 0.3) is 0 Å². The topological polar surface area (TPSA) is 87.2 Å². The lowest BCUT2D eigenvalue weighted by Gasteiger charge is -2.35. The van der Waals surface area contributed by atoms with Gasteiger partial charge in [0.25, 0.3) is 5.91 Å². The molecule has 24 heavy (non-hydrogen) atoms. The molecule has 3 rings (SSSR count). The van der Waals surface area contributed by atoms with E-state index in [1.165, 1.54) is 0 Å². The largest absolute Gasteiger partial charge is 0.481 e. The van der Waals surface area contributed by atoms with Crippen molar-refractivity contribution in [2.24, 2.45) is 0 Å². The lowest BCUT2D eigenvalue weighted by molar-refractivity contribution is -0.139. The fourth-order valence-electron chi connectivity index (χ4n) is 3.16. The minimum Gasteiger partial charge on any atom is -0.481 e. The van der Waals surface area contributed by atoms with E-state index in [-0.39, 0.29) is 24.8 Å². The zero-order valence-corrected chi connectivity index (χ0v) is 13.3. The van der Waals surface area contributed by atoms with Crippen molar-refractivity contribution in [1.82, 2.24) is 4.90 Å². The van der Waals surface area contributed by atoms with Crippen molar-refractivity contribution in [1.29, 1.82) is 0 Å². The first kappa shape index (κ1) is 16.4. The third-order valence-corrected chi connectivity index (χ3v) is 4.40. The van der Waals surface area contributed by atoms with Crippen LogP contribution >= 0.6 is 0 Å². The van der Waals surface area contributed by atoms with E-state index in [1.807, 2.05) is 0 Å². The number of benzene rings is 1. The van der Waals surface area contributed by atoms with Gasteiger partial charge in [-0.25, -0.2) is 0 Å². The van der Waals surface area contributed by atoms with E-state index in [4.69, 9.17) is 9.84 Å². The van der Waals surface area contributed by atoms with Crippen LogP contribution in [0.15, 0.2) is 24.3 Å². The fraction of sp³-hybridized carbons (Fsp3) is 0.471. The third kappa shape index (κ3) is 3.41. The number of carbonyl (C=O) groups is 3. The number of anilines is 1. The summed E-state index contributed by atoms with van der Waals surface area (Å²) in [6.45, 7) is 1.72. The van der Waals surface area contributed by atoms with Gasteiger partial charge in [0.2, 0.25) is 5.91 Å². The lowest BCUT2D eigenvalue weighted by atomic mass is 10.1. The molecule has 0 saturated carbocycles. The summed E-state index contributed by atoms with van der Waals surface area (Å²) in [5, 5.41) is 8.99. The van der Waals surface area contributed by atoms with Gasteiger partial charge in [-0.3, -0.25) is 14.4 Å². The number of carbonyl (C=O) groups excluding carboxylic acids is 2. The Morgan fingerprint density at radius 1 is 1.21 bits per heavy atom. The molecular weight excluding hydrogens is 312 g/mol. The third-order valence-electron chi connectivity index (χ3n) is 4.40. The standard InChI is InChI=1S/C17H20N2O5/c20-15-2-1-7-18(15)13-5-3-12(4-6-13)17(23)19-8-9-24-11-14(19)10-16(21)22/h3-6,14H,1-2,7-11H2,(H,21,22)/t14-/m0/s1. The smallest absolute Gasteiger partial charge is 0.305 e. The monoisotopic (exact) mass is 332 g/mol. The minimum absolute atomic E-state index is 0.101. The number of carboxylic acids is 1. The number of hydrogen-bond acceptors (Lipinski definition) is 4. The van der Waals surface area contributed by atoms with Gasteiger partial charge >= 0.3 is 5.97 Å². The lowest BCUT2D eigenvalue weighted by Crippen LogP contribution is -2.49. The van der Waals surface area contributed by atoms with Gasteiger partial charge in [-0.15, -0.1) is 0 Å². The van der Waals surface area contributed by atoms with Gasteiger partial charge in [0.15, 0.2) is 0 Å². The average Bonchev–Trinajstić information content (AvgIpc) is 3.00. The maximum Gasteiger partial charge on any atom is 0.305 e. The highest BCUT2D eigenvalue weighted by atomic mass is 16.5. The normalized spacial score (nSPS) is 21.2. The van der Waals surface area contributed by atoms with Gasteiger partial charge in [-0.05, 0) is 30.7 Å². The van der Waals surface area contributed by atoms with Crippen LogP contribution in [0.1, 0.15) is 29.6 Å². The van der Waals surface area contributed by atoms with Gasteiger partial charge in [0.05, 0.1) is 25.7 Å². The van der Waals surface area contributed by atoms with Crippen molar-refractivity contribution < 1.29 is 24.2 Å². The van der Waals surface area contributed by atoms with Gasteiger partial charge in [0.1, 0.15) is 0 Å². The molecule has 2 amide bonds. The Morgan fingerprint density at radius 3 is 2.58 bits per heavy atom. The molecule has 1 N–H and O–H groups in total. The van der Waals surface area contributed by atoms with E-state index in [0.717, 1.165) is 12.1 Å². The molecule has 2 aliphatic rings. The molecule has 2 fully saturated rings. The van der Waals surface area contributed by atoms with Gasteiger partial charge in [0, 0.05) is 30.8 Å². The highest BCUT2D eigenvalue weighted by molar-refractivity contribution is 5.97. The molecule has 1 aromatic carbocycles. The molecule has 2 saturated heterocycles. The van der Waals surface area contributed by atoms with Crippen LogP contribution in [0.3, 0.4) is 0 Å². The second-order valence-electron chi connectivity index (χ2n) is 6.02. The van der Waals surface area contributed by atoms with E-state index in [0.29, 0.717) is 31.7 Å². The minimum atomic E-state index is -0.953. The summed E-state index contributed by atoms with van der Waals surface area (Å²) in [7, 11) is 0. The summed E-state index contributed by atoms with van der Waals surface area (Å²) in [5.74, 6) is -1.06. The van der Waals surface area contributed by atoms with E-state index in [1.54, 1.807) is 34.1 Å². The molecule has 0 unspecified atom stereocenters. The molecule has 0 aromatic heterocycles. The van der Waals surface area contributed by atoms with Crippen LogP contribution in [0, 0.1) is 0 Å². The number of rotatable bonds is 4. The van der Waals surface area contributed by atoms with Gasteiger partial charge < -0.3 is 19.6 Å². The van der Waals surface area contributed by atoms with Crippen molar-refractivity contribution in [2.45, 2.75) is 25.3 Å². The molecule has 0 bridgehead atoms. The van der Waals surface area contributed by atoms with Crippen molar-refractivity contribution in [2.75, 3.05) is 31.2 Å². The number of aliphatic carboxylic acids is 1.